The van der Waals surface area contributed by atoms with Crippen molar-refractivity contribution >= 4 is 27.1 Å². The number of hydrogen-bond acceptors (Lipinski definition) is 7. The Hall–Kier alpha value is -1.93. The molecule has 1 aromatic heterocycles. The molecule has 134 valence electrons. The molecule has 0 saturated carbocycles. The van der Waals surface area contributed by atoms with E-state index in [2.05, 4.69) is 15.3 Å². The molecule has 2 aromatic rings. The molecule has 0 amide bonds. The average Bonchev–Trinajstić information content (AvgIpc) is 3.08. The van der Waals surface area contributed by atoms with E-state index in [1.165, 1.54) is 0 Å². The van der Waals surface area contributed by atoms with Gasteiger partial charge in [-0.05, 0) is 51.0 Å². The zero-order valence-corrected chi connectivity index (χ0v) is 15.8. The van der Waals surface area contributed by atoms with E-state index in [0.717, 1.165) is 5.71 Å². The first-order chi connectivity index (χ1) is 11.7. The molecule has 2 heterocycles. The molecule has 2 atom stereocenters. The topological polar surface area (TPSA) is 94.7 Å². The molecule has 0 saturated heterocycles. The summed E-state index contributed by atoms with van der Waals surface area (Å²) < 4.78 is 30.7. The van der Waals surface area contributed by atoms with E-state index in [4.69, 9.17) is 21.0 Å². The number of rotatable bonds is 4. The summed E-state index contributed by atoms with van der Waals surface area (Å²) in [5.41, 5.74) is 2.00. The number of sulfone groups is 1. The van der Waals surface area contributed by atoms with Gasteiger partial charge in [-0.15, -0.1) is 0 Å². The molecule has 3 rings (SSSR count). The van der Waals surface area contributed by atoms with Crippen LogP contribution >= 0.6 is 11.6 Å². The minimum absolute atomic E-state index is 0.105. The normalized spacial score (nSPS) is 20.4. The van der Waals surface area contributed by atoms with Gasteiger partial charge in [0.2, 0.25) is 5.89 Å². The van der Waals surface area contributed by atoms with Crippen molar-refractivity contribution in [3.05, 3.63) is 40.0 Å². The Morgan fingerprint density at radius 3 is 2.56 bits per heavy atom. The summed E-state index contributed by atoms with van der Waals surface area (Å²) in [6.07, 6.45) is -0.230. The van der Waals surface area contributed by atoms with Crippen LogP contribution < -0.4 is 0 Å². The summed E-state index contributed by atoms with van der Waals surface area (Å²) in [5.74, 6) is -0.200. The van der Waals surface area contributed by atoms with Gasteiger partial charge >= 0.3 is 0 Å². The van der Waals surface area contributed by atoms with E-state index in [9.17, 15) is 8.42 Å². The molecule has 9 heteroatoms. The van der Waals surface area contributed by atoms with Crippen molar-refractivity contribution < 1.29 is 17.8 Å². The second-order valence-corrected chi connectivity index (χ2v) is 8.56. The van der Waals surface area contributed by atoms with Gasteiger partial charge in [0.15, 0.2) is 15.7 Å². The predicted molar refractivity (Wildman–Crippen MR) is 92.5 cm³/mol. The Kier molecular flexibility index (Phi) is 4.59. The third-order valence-corrected chi connectivity index (χ3v) is 6.30. The second kappa shape index (κ2) is 6.42. The van der Waals surface area contributed by atoms with Crippen LogP contribution in [0.5, 0.6) is 0 Å². The Morgan fingerprint density at radius 1 is 1.20 bits per heavy atom. The van der Waals surface area contributed by atoms with Gasteiger partial charge in [-0.2, -0.15) is 4.98 Å². The summed E-state index contributed by atoms with van der Waals surface area (Å²) in [5, 5.41) is 8.23. The Bertz CT molecular complexity index is 952. The van der Waals surface area contributed by atoms with E-state index in [-0.39, 0.29) is 28.5 Å². The number of nitrogens with zero attached hydrogens (tertiary/aromatic N) is 3. The fourth-order valence-corrected chi connectivity index (χ4v) is 4.53. The van der Waals surface area contributed by atoms with E-state index < -0.39 is 9.84 Å². The molecule has 0 radical (unpaired) electrons. The monoisotopic (exact) mass is 383 g/mol. The Labute approximate surface area is 150 Å². The SMILES string of the molecule is CC1=NOC(C)C1c1nc(CS(=O)(=O)c2cc(C)c(Cl)cc2C)no1. The van der Waals surface area contributed by atoms with Gasteiger partial charge in [0.1, 0.15) is 17.8 Å². The Balaban J connectivity index is 1.88. The van der Waals surface area contributed by atoms with Gasteiger partial charge < -0.3 is 9.36 Å². The molecular weight excluding hydrogens is 366 g/mol. The van der Waals surface area contributed by atoms with Crippen LogP contribution in [0.25, 0.3) is 0 Å². The third kappa shape index (κ3) is 3.41. The molecule has 1 aliphatic rings. The fraction of sp³-hybridized carbons (Fsp3) is 0.438. The van der Waals surface area contributed by atoms with Crippen molar-refractivity contribution in [3.8, 4) is 0 Å². The molecule has 25 heavy (non-hydrogen) atoms. The van der Waals surface area contributed by atoms with Crippen molar-refractivity contribution in [2.24, 2.45) is 5.16 Å². The molecule has 0 spiro atoms. The molecule has 0 fully saturated rings. The number of oxime groups is 1. The van der Waals surface area contributed by atoms with Gasteiger partial charge in [-0.3, -0.25) is 0 Å². The summed E-state index contributed by atoms with van der Waals surface area (Å²) in [6, 6.07) is 3.21. The van der Waals surface area contributed by atoms with Crippen LogP contribution in [0.1, 0.15) is 42.6 Å². The maximum absolute atomic E-state index is 12.7. The van der Waals surface area contributed by atoms with Crippen molar-refractivity contribution in [3.63, 3.8) is 0 Å². The van der Waals surface area contributed by atoms with Crippen LogP contribution in [-0.2, 0) is 20.4 Å². The molecule has 0 aliphatic carbocycles. The first kappa shape index (κ1) is 17.9. The molecule has 1 aromatic carbocycles. The quantitative estimate of drug-likeness (QED) is 0.804. The lowest BCUT2D eigenvalue weighted by molar-refractivity contribution is 0.0847. The highest BCUT2D eigenvalue weighted by Crippen LogP contribution is 2.29. The van der Waals surface area contributed by atoms with E-state index in [1.807, 2.05) is 6.92 Å². The molecule has 0 bridgehead atoms. The predicted octanol–water partition coefficient (Wildman–Crippen LogP) is 3.19. The van der Waals surface area contributed by atoms with Crippen LogP contribution in [0.15, 0.2) is 26.7 Å². The van der Waals surface area contributed by atoms with Crippen molar-refractivity contribution in [1.29, 1.82) is 0 Å². The largest absolute Gasteiger partial charge is 0.392 e. The zero-order valence-electron chi connectivity index (χ0n) is 14.3. The first-order valence-electron chi connectivity index (χ1n) is 7.71. The van der Waals surface area contributed by atoms with Crippen LogP contribution in [0.2, 0.25) is 5.02 Å². The van der Waals surface area contributed by atoms with Crippen molar-refractivity contribution in [1.82, 2.24) is 10.1 Å². The number of aromatic nitrogens is 2. The highest BCUT2D eigenvalue weighted by molar-refractivity contribution is 7.90. The van der Waals surface area contributed by atoms with Gasteiger partial charge in [0.25, 0.3) is 0 Å². The molecule has 2 unspecified atom stereocenters. The fourth-order valence-electron chi connectivity index (χ4n) is 2.79. The number of hydrogen-bond donors (Lipinski definition) is 0. The lowest BCUT2D eigenvalue weighted by Gasteiger charge is -2.09. The molecule has 0 N–H and O–H groups in total. The van der Waals surface area contributed by atoms with E-state index in [0.29, 0.717) is 22.0 Å². The van der Waals surface area contributed by atoms with Crippen LogP contribution in [0.4, 0.5) is 0 Å². The molecular formula is C16H18ClN3O4S. The highest BCUT2D eigenvalue weighted by Gasteiger charge is 2.35. The second-order valence-electron chi connectivity index (χ2n) is 6.20. The zero-order chi connectivity index (χ0) is 18.4. The standard InChI is InChI=1S/C16H18ClN3O4S/c1-8-6-13(9(2)5-12(8)17)25(21,22)7-14-18-16(24-20-14)15-10(3)19-23-11(15)4/h5-6,11,15H,7H2,1-4H3. The third-order valence-electron chi connectivity index (χ3n) is 4.14. The maximum Gasteiger partial charge on any atom is 0.239 e. The summed E-state index contributed by atoms with van der Waals surface area (Å²) >= 11 is 6.04. The average molecular weight is 384 g/mol. The van der Waals surface area contributed by atoms with Crippen LogP contribution in [-0.4, -0.2) is 30.4 Å². The summed E-state index contributed by atoms with van der Waals surface area (Å²) in [6.45, 7) is 7.10. The van der Waals surface area contributed by atoms with E-state index in [1.54, 1.807) is 32.9 Å². The number of benzene rings is 1. The summed E-state index contributed by atoms with van der Waals surface area (Å²) in [7, 11) is -3.63. The van der Waals surface area contributed by atoms with Gasteiger partial charge in [-0.1, -0.05) is 21.9 Å². The first-order valence-corrected chi connectivity index (χ1v) is 9.74. The lowest BCUT2D eigenvalue weighted by Crippen LogP contribution is -2.17. The lowest BCUT2D eigenvalue weighted by atomic mass is 10.00. The smallest absolute Gasteiger partial charge is 0.239 e. The summed E-state index contributed by atoms with van der Waals surface area (Å²) in [4.78, 5) is 9.63. The number of aryl methyl sites for hydroxylation is 2. The van der Waals surface area contributed by atoms with Crippen LogP contribution in [0, 0.1) is 13.8 Å². The molecule has 1 aliphatic heterocycles. The van der Waals surface area contributed by atoms with Crippen LogP contribution in [0.3, 0.4) is 0 Å². The Morgan fingerprint density at radius 2 is 1.92 bits per heavy atom. The van der Waals surface area contributed by atoms with Crippen molar-refractivity contribution in [2.75, 3.05) is 0 Å². The van der Waals surface area contributed by atoms with Crippen molar-refractivity contribution in [2.45, 2.75) is 50.4 Å². The maximum atomic E-state index is 12.7. The minimum atomic E-state index is -3.63. The highest BCUT2D eigenvalue weighted by atomic mass is 35.5. The van der Waals surface area contributed by atoms with Gasteiger partial charge in [0, 0.05) is 5.02 Å². The van der Waals surface area contributed by atoms with E-state index >= 15 is 0 Å². The minimum Gasteiger partial charge on any atom is -0.392 e. The van der Waals surface area contributed by atoms with Gasteiger partial charge in [0.05, 0.1) is 10.6 Å². The molecule has 7 nitrogen and oxygen atoms in total. The number of halogens is 1. The van der Waals surface area contributed by atoms with Gasteiger partial charge in [-0.25, -0.2) is 8.42 Å².